The molecule has 0 atom stereocenters. The van der Waals surface area contributed by atoms with Gasteiger partial charge in [-0.1, -0.05) is 25.0 Å². The molecule has 4 heteroatoms. The first-order valence-electron chi connectivity index (χ1n) is 6.01. The predicted octanol–water partition coefficient (Wildman–Crippen LogP) is 2.80. The molecule has 17 heavy (non-hydrogen) atoms. The van der Waals surface area contributed by atoms with Gasteiger partial charge in [-0.3, -0.25) is 4.84 Å². The number of rotatable bonds is 5. The number of ether oxygens (including phenoxy) is 1. The summed E-state index contributed by atoms with van der Waals surface area (Å²) in [6.07, 6.45) is 4.91. The summed E-state index contributed by atoms with van der Waals surface area (Å²) in [4.78, 5) is 5.48. The van der Waals surface area contributed by atoms with Gasteiger partial charge in [-0.25, -0.2) is 4.39 Å². The van der Waals surface area contributed by atoms with Crippen molar-refractivity contribution in [3.05, 3.63) is 29.6 Å². The lowest BCUT2D eigenvalue weighted by atomic mass is 10.2. The van der Waals surface area contributed by atoms with Gasteiger partial charge in [0.15, 0.2) is 11.6 Å². The van der Waals surface area contributed by atoms with Gasteiger partial charge in [-0.15, -0.1) is 0 Å². The monoisotopic (exact) mass is 239 g/mol. The number of hydrogen-bond donors (Lipinski definition) is 1. The van der Waals surface area contributed by atoms with Crippen LogP contribution in [0.2, 0.25) is 0 Å². The number of hydrogen-bond acceptors (Lipinski definition) is 3. The number of benzene rings is 1. The fourth-order valence-corrected chi connectivity index (χ4v) is 2.09. The van der Waals surface area contributed by atoms with E-state index in [0.717, 1.165) is 12.8 Å². The van der Waals surface area contributed by atoms with E-state index >= 15 is 0 Å². The summed E-state index contributed by atoms with van der Waals surface area (Å²) in [6.45, 7) is 0.361. The number of halogens is 1. The normalized spacial score (nSPS) is 16.4. The lowest BCUT2D eigenvalue weighted by Crippen LogP contribution is -2.21. The van der Waals surface area contributed by atoms with Gasteiger partial charge in [-0.2, -0.15) is 5.48 Å². The van der Waals surface area contributed by atoms with Crippen molar-refractivity contribution < 1.29 is 14.0 Å². The highest BCUT2D eigenvalue weighted by Gasteiger charge is 2.15. The number of hydroxylamine groups is 1. The van der Waals surface area contributed by atoms with E-state index in [2.05, 4.69) is 5.48 Å². The second kappa shape index (κ2) is 5.98. The molecule has 1 aromatic carbocycles. The average molecular weight is 239 g/mol. The summed E-state index contributed by atoms with van der Waals surface area (Å²) < 4.78 is 18.7. The SMILES string of the molecule is COc1cccc(CNOC2CCCC2)c1F. The summed E-state index contributed by atoms with van der Waals surface area (Å²) in [6, 6.07) is 5.11. The molecule has 1 N–H and O–H groups in total. The molecule has 0 aromatic heterocycles. The Morgan fingerprint density at radius 1 is 1.35 bits per heavy atom. The summed E-state index contributed by atoms with van der Waals surface area (Å²) in [5, 5.41) is 0. The van der Waals surface area contributed by atoms with Gasteiger partial charge in [0.1, 0.15) is 0 Å². The van der Waals surface area contributed by atoms with Crippen LogP contribution in [0.15, 0.2) is 18.2 Å². The maximum absolute atomic E-state index is 13.8. The molecule has 0 heterocycles. The molecule has 0 spiro atoms. The van der Waals surface area contributed by atoms with Crippen molar-refractivity contribution >= 4 is 0 Å². The zero-order valence-corrected chi connectivity index (χ0v) is 10.0. The molecule has 0 bridgehead atoms. The molecule has 0 amide bonds. The molecule has 1 aliphatic carbocycles. The highest BCUT2D eigenvalue weighted by atomic mass is 19.1. The highest BCUT2D eigenvalue weighted by molar-refractivity contribution is 5.30. The fourth-order valence-electron chi connectivity index (χ4n) is 2.09. The molecule has 94 valence electrons. The minimum absolute atomic E-state index is 0.269. The fraction of sp³-hybridized carbons (Fsp3) is 0.538. The summed E-state index contributed by atoms with van der Waals surface area (Å²) >= 11 is 0. The highest BCUT2D eigenvalue weighted by Crippen LogP contribution is 2.21. The molecule has 3 nitrogen and oxygen atoms in total. The molecule has 1 saturated carbocycles. The standard InChI is InChI=1S/C13H18FNO2/c1-16-12-8-4-5-10(13(12)14)9-15-17-11-6-2-3-7-11/h4-5,8,11,15H,2-3,6-7,9H2,1H3. The van der Waals surface area contributed by atoms with Crippen LogP contribution < -0.4 is 10.2 Å². The van der Waals surface area contributed by atoms with Crippen LogP contribution in [-0.2, 0) is 11.4 Å². The average Bonchev–Trinajstić information content (AvgIpc) is 2.84. The molecule has 0 saturated heterocycles. The quantitative estimate of drug-likeness (QED) is 0.801. The molecule has 0 aliphatic heterocycles. The molecular weight excluding hydrogens is 221 g/mol. The molecule has 1 aromatic rings. The van der Waals surface area contributed by atoms with Gasteiger partial charge in [0.25, 0.3) is 0 Å². The van der Waals surface area contributed by atoms with E-state index in [9.17, 15) is 4.39 Å². The van der Waals surface area contributed by atoms with Crippen molar-refractivity contribution in [1.29, 1.82) is 0 Å². The van der Waals surface area contributed by atoms with Crippen LogP contribution in [0.5, 0.6) is 5.75 Å². The minimum atomic E-state index is -0.322. The molecule has 1 aliphatic rings. The Morgan fingerprint density at radius 2 is 2.12 bits per heavy atom. The van der Waals surface area contributed by atoms with Crippen LogP contribution in [0.4, 0.5) is 4.39 Å². The number of nitrogens with one attached hydrogen (secondary N) is 1. The zero-order valence-electron chi connectivity index (χ0n) is 10.0. The molecule has 1 fully saturated rings. The van der Waals surface area contributed by atoms with Crippen LogP contribution in [0.1, 0.15) is 31.2 Å². The van der Waals surface area contributed by atoms with Crippen molar-refractivity contribution in [3.63, 3.8) is 0 Å². The third-order valence-corrected chi connectivity index (χ3v) is 3.08. The van der Waals surface area contributed by atoms with Crippen molar-refractivity contribution in [2.75, 3.05) is 7.11 Å². The van der Waals surface area contributed by atoms with E-state index in [1.165, 1.54) is 20.0 Å². The molecule has 2 rings (SSSR count). The third-order valence-electron chi connectivity index (χ3n) is 3.08. The molecule has 0 radical (unpaired) electrons. The first-order valence-corrected chi connectivity index (χ1v) is 6.01. The summed E-state index contributed by atoms with van der Waals surface area (Å²) in [5.41, 5.74) is 3.40. The Bertz CT molecular complexity index is 364. The van der Waals surface area contributed by atoms with E-state index < -0.39 is 0 Å². The first-order chi connectivity index (χ1) is 8.31. The second-order valence-corrected chi connectivity index (χ2v) is 4.28. The van der Waals surface area contributed by atoms with E-state index in [1.54, 1.807) is 18.2 Å². The Hall–Kier alpha value is -1.13. The number of methoxy groups -OCH3 is 1. The van der Waals surface area contributed by atoms with E-state index in [0.29, 0.717) is 12.1 Å². The molecular formula is C13H18FNO2. The maximum atomic E-state index is 13.8. The van der Waals surface area contributed by atoms with Crippen molar-refractivity contribution in [2.45, 2.75) is 38.3 Å². The lowest BCUT2D eigenvalue weighted by molar-refractivity contribution is -0.0248. The van der Waals surface area contributed by atoms with Gasteiger partial charge in [0.2, 0.25) is 0 Å². The van der Waals surface area contributed by atoms with Gasteiger partial charge < -0.3 is 4.74 Å². The first kappa shape index (κ1) is 12.3. The van der Waals surface area contributed by atoms with Gasteiger partial charge in [-0.05, 0) is 18.9 Å². The summed E-state index contributed by atoms with van der Waals surface area (Å²) in [5.74, 6) is -0.0531. The second-order valence-electron chi connectivity index (χ2n) is 4.28. The van der Waals surface area contributed by atoms with Crippen LogP contribution in [0.3, 0.4) is 0 Å². The van der Waals surface area contributed by atoms with E-state index in [1.807, 2.05) is 0 Å². The maximum Gasteiger partial charge on any atom is 0.169 e. The van der Waals surface area contributed by atoms with Crippen LogP contribution in [-0.4, -0.2) is 13.2 Å². The van der Waals surface area contributed by atoms with Gasteiger partial charge >= 0.3 is 0 Å². The van der Waals surface area contributed by atoms with Gasteiger partial charge in [0.05, 0.1) is 13.2 Å². The van der Waals surface area contributed by atoms with Crippen LogP contribution >= 0.6 is 0 Å². The van der Waals surface area contributed by atoms with E-state index in [-0.39, 0.29) is 17.7 Å². The lowest BCUT2D eigenvalue weighted by Gasteiger charge is -2.12. The minimum Gasteiger partial charge on any atom is -0.494 e. The van der Waals surface area contributed by atoms with Crippen molar-refractivity contribution in [3.8, 4) is 5.75 Å². The predicted molar refractivity (Wildman–Crippen MR) is 63.1 cm³/mol. The van der Waals surface area contributed by atoms with E-state index in [4.69, 9.17) is 9.57 Å². The van der Waals surface area contributed by atoms with Crippen molar-refractivity contribution in [1.82, 2.24) is 5.48 Å². The Labute approximate surface area is 101 Å². The summed E-state index contributed by atoms with van der Waals surface area (Å²) in [7, 11) is 1.46. The van der Waals surface area contributed by atoms with Crippen LogP contribution in [0.25, 0.3) is 0 Å². The Morgan fingerprint density at radius 3 is 2.82 bits per heavy atom. The van der Waals surface area contributed by atoms with Gasteiger partial charge in [0, 0.05) is 12.1 Å². The zero-order chi connectivity index (χ0) is 12.1. The molecule has 0 unspecified atom stereocenters. The largest absolute Gasteiger partial charge is 0.494 e. The Balaban J connectivity index is 1.85. The Kier molecular flexibility index (Phi) is 4.34. The van der Waals surface area contributed by atoms with Crippen molar-refractivity contribution in [2.24, 2.45) is 0 Å². The smallest absolute Gasteiger partial charge is 0.169 e. The third kappa shape index (κ3) is 3.17. The topological polar surface area (TPSA) is 30.5 Å². The van der Waals surface area contributed by atoms with Crippen LogP contribution in [0, 0.1) is 5.82 Å².